The standard InChI is InChI=1S/C19H16O3S/c1-22-14-4-2-3-12(9-14)18(21)19-17(11-5-6-11)15-10-13(20)7-8-16(15)23-19/h2-4,7-11,20H,5-6H2,1H3. The van der Waals surface area contributed by atoms with Crippen LogP contribution in [0.1, 0.15) is 39.6 Å². The maximum atomic E-state index is 13.0. The van der Waals surface area contributed by atoms with Gasteiger partial charge in [0.25, 0.3) is 0 Å². The van der Waals surface area contributed by atoms with E-state index in [4.69, 9.17) is 4.74 Å². The van der Waals surface area contributed by atoms with E-state index >= 15 is 0 Å². The normalized spacial score (nSPS) is 14.1. The molecule has 1 fully saturated rings. The van der Waals surface area contributed by atoms with E-state index in [1.54, 1.807) is 25.3 Å². The summed E-state index contributed by atoms with van der Waals surface area (Å²) in [5, 5.41) is 10.8. The van der Waals surface area contributed by atoms with Crippen LogP contribution in [0.2, 0.25) is 0 Å². The number of benzene rings is 2. The monoisotopic (exact) mass is 324 g/mol. The van der Waals surface area contributed by atoms with Gasteiger partial charge in [-0.1, -0.05) is 12.1 Å². The highest BCUT2D eigenvalue weighted by Crippen LogP contribution is 2.49. The first kappa shape index (κ1) is 14.3. The van der Waals surface area contributed by atoms with Gasteiger partial charge in [0.1, 0.15) is 11.5 Å². The second kappa shape index (κ2) is 5.39. The summed E-state index contributed by atoms with van der Waals surface area (Å²) in [4.78, 5) is 13.8. The van der Waals surface area contributed by atoms with Crippen molar-refractivity contribution in [3.05, 3.63) is 58.5 Å². The third kappa shape index (κ3) is 2.49. The summed E-state index contributed by atoms with van der Waals surface area (Å²) < 4.78 is 6.28. The highest BCUT2D eigenvalue weighted by atomic mass is 32.1. The number of phenolic OH excluding ortho intramolecular Hbond substituents is 1. The molecule has 0 radical (unpaired) electrons. The van der Waals surface area contributed by atoms with Crippen LogP contribution in [-0.4, -0.2) is 18.0 Å². The van der Waals surface area contributed by atoms with Gasteiger partial charge in [-0.25, -0.2) is 0 Å². The summed E-state index contributed by atoms with van der Waals surface area (Å²) in [7, 11) is 1.60. The van der Waals surface area contributed by atoms with E-state index in [9.17, 15) is 9.90 Å². The molecule has 23 heavy (non-hydrogen) atoms. The molecule has 0 aliphatic heterocycles. The van der Waals surface area contributed by atoms with E-state index in [1.807, 2.05) is 24.3 Å². The van der Waals surface area contributed by atoms with Gasteiger partial charge in [0.15, 0.2) is 0 Å². The third-order valence-corrected chi connectivity index (χ3v) is 5.42. The van der Waals surface area contributed by atoms with Crippen molar-refractivity contribution in [1.29, 1.82) is 0 Å². The molecule has 1 heterocycles. The molecule has 3 aromatic rings. The van der Waals surface area contributed by atoms with Gasteiger partial charge in [-0.3, -0.25) is 4.79 Å². The van der Waals surface area contributed by atoms with Gasteiger partial charge in [0.2, 0.25) is 5.78 Å². The highest BCUT2D eigenvalue weighted by molar-refractivity contribution is 7.21. The van der Waals surface area contributed by atoms with Gasteiger partial charge in [-0.2, -0.15) is 0 Å². The first-order chi connectivity index (χ1) is 11.2. The molecule has 0 bridgehead atoms. The van der Waals surface area contributed by atoms with Crippen LogP contribution in [0.3, 0.4) is 0 Å². The number of hydrogen-bond donors (Lipinski definition) is 1. The van der Waals surface area contributed by atoms with Crippen molar-refractivity contribution >= 4 is 27.2 Å². The van der Waals surface area contributed by atoms with E-state index in [0.717, 1.165) is 33.4 Å². The van der Waals surface area contributed by atoms with Crippen LogP contribution in [0, 0.1) is 0 Å². The molecule has 0 amide bonds. The Labute approximate surface area is 138 Å². The Kier molecular flexibility index (Phi) is 3.34. The van der Waals surface area contributed by atoms with Crippen LogP contribution in [0.25, 0.3) is 10.1 Å². The van der Waals surface area contributed by atoms with Crippen molar-refractivity contribution in [1.82, 2.24) is 0 Å². The number of aromatic hydroxyl groups is 1. The van der Waals surface area contributed by atoms with Crippen LogP contribution in [-0.2, 0) is 0 Å². The Balaban J connectivity index is 1.87. The van der Waals surface area contributed by atoms with Crippen molar-refractivity contribution in [2.45, 2.75) is 18.8 Å². The fourth-order valence-electron chi connectivity index (χ4n) is 2.95. The maximum absolute atomic E-state index is 13.0. The zero-order valence-electron chi connectivity index (χ0n) is 12.7. The predicted molar refractivity (Wildman–Crippen MR) is 91.9 cm³/mol. The molecule has 0 spiro atoms. The minimum absolute atomic E-state index is 0.0338. The summed E-state index contributed by atoms with van der Waals surface area (Å²) in [6.07, 6.45) is 2.22. The van der Waals surface area contributed by atoms with Gasteiger partial charge in [0, 0.05) is 15.6 Å². The highest BCUT2D eigenvalue weighted by Gasteiger charge is 2.32. The van der Waals surface area contributed by atoms with Gasteiger partial charge in [0.05, 0.1) is 12.0 Å². The molecule has 1 aliphatic rings. The van der Waals surface area contributed by atoms with E-state index < -0.39 is 0 Å². The minimum Gasteiger partial charge on any atom is -0.508 e. The number of rotatable bonds is 4. The molecule has 116 valence electrons. The van der Waals surface area contributed by atoms with Gasteiger partial charge >= 0.3 is 0 Å². The fourth-order valence-corrected chi connectivity index (χ4v) is 4.18. The Morgan fingerprint density at radius 3 is 2.78 bits per heavy atom. The summed E-state index contributed by atoms with van der Waals surface area (Å²) in [5.74, 6) is 1.40. The Bertz CT molecular complexity index is 906. The summed E-state index contributed by atoms with van der Waals surface area (Å²) in [6, 6.07) is 12.6. The molecule has 3 nitrogen and oxygen atoms in total. The molecule has 1 aromatic heterocycles. The third-order valence-electron chi connectivity index (χ3n) is 4.23. The lowest BCUT2D eigenvalue weighted by molar-refractivity contribution is 0.104. The number of methoxy groups -OCH3 is 1. The molecular weight excluding hydrogens is 308 g/mol. The SMILES string of the molecule is COc1cccc(C(=O)c2sc3ccc(O)cc3c2C2CC2)c1. The molecule has 0 unspecified atom stereocenters. The minimum atomic E-state index is 0.0338. The van der Waals surface area contributed by atoms with Crippen molar-refractivity contribution < 1.29 is 14.6 Å². The summed E-state index contributed by atoms with van der Waals surface area (Å²) >= 11 is 1.52. The van der Waals surface area contributed by atoms with E-state index in [0.29, 0.717) is 17.2 Å². The average Bonchev–Trinajstić information content (AvgIpc) is 3.34. The van der Waals surface area contributed by atoms with E-state index in [2.05, 4.69) is 0 Å². The first-order valence-electron chi connectivity index (χ1n) is 7.61. The maximum Gasteiger partial charge on any atom is 0.203 e. The van der Waals surface area contributed by atoms with Gasteiger partial charge in [-0.15, -0.1) is 11.3 Å². The number of ether oxygens (including phenoxy) is 1. The Hall–Kier alpha value is -2.33. The van der Waals surface area contributed by atoms with E-state index in [-0.39, 0.29) is 11.5 Å². The topological polar surface area (TPSA) is 46.5 Å². The molecule has 2 aromatic carbocycles. The second-order valence-electron chi connectivity index (χ2n) is 5.86. The van der Waals surface area contributed by atoms with Gasteiger partial charge < -0.3 is 9.84 Å². The zero-order valence-corrected chi connectivity index (χ0v) is 13.5. The number of fused-ring (bicyclic) bond motifs is 1. The number of phenols is 1. The number of thiophene rings is 1. The van der Waals surface area contributed by atoms with Crippen LogP contribution in [0.5, 0.6) is 11.5 Å². The van der Waals surface area contributed by atoms with Crippen LogP contribution in [0.4, 0.5) is 0 Å². The van der Waals surface area contributed by atoms with Crippen LogP contribution >= 0.6 is 11.3 Å². The molecular formula is C19H16O3S. The van der Waals surface area contributed by atoms with Crippen LogP contribution < -0.4 is 4.74 Å². The van der Waals surface area contributed by atoms with Crippen molar-refractivity contribution in [3.63, 3.8) is 0 Å². The number of carbonyl (C=O) groups excluding carboxylic acids is 1. The van der Waals surface area contributed by atoms with E-state index in [1.165, 1.54) is 11.3 Å². The van der Waals surface area contributed by atoms with Crippen molar-refractivity contribution in [2.24, 2.45) is 0 Å². The summed E-state index contributed by atoms with van der Waals surface area (Å²) in [5.41, 5.74) is 1.75. The van der Waals surface area contributed by atoms with Crippen LogP contribution in [0.15, 0.2) is 42.5 Å². The molecule has 1 saturated carbocycles. The molecule has 0 saturated heterocycles. The van der Waals surface area contributed by atoms with Gasteiger partial charge in [-0.05, 0) is 54.7 Å². The number of ketones is 1. The second-order valence-corrected chi connectivity index (χ2v) is 6.91. The number of carbonyl (C=O) groups is 1. The molecule has 4 rings (SSSR count). The summed E-state index contributed by atoms with van der Waals surface area (Å²) in [6.45, 7) is 0. The zero-order chi connectivity index (χ0) is 16.0. The fraction of sp³-hybridized carbons (Fsp3) is 0.211. The quantitative estimate of drug-likeness (QED) is 0.706. The molecule has 4 heteroatoms. The lowest BCUT2D eigenvalue weighted by atomic mass is 10.0. The number of hydrogen-bond acceptors (Lipinski definition) is 4. The molecule has 1 aliphatic carbocycles. The van der Waals surface area contributed by atoms with Crippen molar-refractivity contribution in [3.8, 4) is 11.5 Å². The Morgan fingerprint density at radius 1 is 1.22 bits per heavy atom. The molecule has 0 atom stereocenters. The van der Waals surface area contributed by atoms with Crippen molar-refractivity contribution in [2.75, 3.05) is 7.11 Å². The molecule has 1 N–H and O–H groups in total. The lowest BCUT2D eigenvalue weighted by Gasteiger charge is -2.05. The largest absolute Gasteiger partial charge is 0.508 e. The Morgan fingerprint density at radius 2 is 2.04 bits per heavy atom. The lowest BCUT2D eigenvalue weighted by Crippen LogP contribution is -2.02. The predicted octanol–water partition coefficient (Wildman–Crippen LogP) is 4.72. The average molecular weight is 324 g/mol. The smallest absolute Gasteiger partial charge is 0.203 e. The first-order valence-corrected chi connectivity index (χ1v) is 8.43.